The van der Waals surface area contributed by atoms with Gasteiger partial charge in [0, 0.05) is 24.7 Å². The van der Waals surface area contributed by atoms with E-state index in [4.69, 9.17) is 9.26 Å². The van der Waals surface area contributed by atoms with Crippen LogP contribution >= 0.6 is 0 Å². The second kappa shape index (κ2) is 7.60. The number of hydrogen-bond acceptors (Lipinski definition) is 6. The Bertz CT molecular complexity index is 788. The van der Waals surface area contributed by atoms with Crippen molar-refractivity contribution in [3.05, 3.63) is 29.8 Å². The Morgan fingerprint density at radius 3 is 2.41 bits per heavy atom. The minimum atomic E-state index is -1.02. The molecule has 1 aromatic carbocycles. The van der Waals surface area contributed by atoms with Gasteiger partial charge in [-0.2, -0.15) is 0 Å². The fraction of sp³-hybridized carbons (Fsp3) is 0.500. The molecule has 144 valence electrons. The lowest BCUT2D eigenvalue weighted by Crippen LogP contribution is -2.44. The van der Waals surface area contributed by atoms with E-state index in [2.05, 4.69) is 10.1 Å². The van der Waals surface area contributed by atoms with Crippen molar-refractivity contribution < 1.29 is 19.2 Å². The smallest absolute Gasteiger partial charge is 0.343 e. The summed E-state index contributed by atoms with van der Waals surface area (Å²) in [6, 6.07) is 7.74. The number of aromatic nitrogens is 1. The van der Waals surface area contributed by atoms with Crippen molar-refractivity contribution in [2.24, 2.45) is 0 Å². The van der Waals surface area contributed by atoms with Gasteiger partial charge < -0.3 is 24.2 Å². The molecule has 3 heterocycles. The Labute approximate surface area is 158 Å². The van der Waals surface area contributed by atoms with Gasteiger partial charge in [-0.05, 0) is 63.0 Å². The summed E-state index contributed by atoms with van der Waals surface area (Å²) in [7, 11) is 1.59. The van der Waals surface area contributed by atoms with E-state index in [-0.39, 0.29) is 5.56 Å². The molecular formula is C20H25N3O4. The number of aromatic carboxylic acids is 1. The third-order valence-electron chi connectivity index (χ3n) is 5.66. The van der Waals surface area contributed by atoms with Crippen LogP contribution in [0, 0.1) is 0 Å². The van der Waals surface area contributed by atoms with Crippen molar-refractivity contribution in [3.63, 3.8) is 0 Å². The average Bonchev–Trinajstić information content (AvgIpc) is 3.38. The minimum Gasteiger partial charge on any atom is -0.497 e. The maximum Gasteiger partial charge on any atom is 0.343 e. The van der Waals surface area contributed by atoms with E-state index in [1.165, 1.54) is 25.9 Å². The summed E-state index contributed by atoms with van der Waals surface area (Å²) >= 11 is 0. The van der Waals surface area contributed by atoms with Crippen LogP contribution in [0.25, 0.3) is 11.3 Å². The number of likely N-dealkylation sites (tertiary alicyclic amines) is 1. The largest absolute Gasteiger partial charge is 0.497 e. The van der Waals surface area contributed by atoms with Gasteiger partial charge in [0.1, 0.15) is 5.75 Å². The highest BCUT2D eigenvalue weighted by Gasteiger charge is 2.32. The van der Waals surface area contributed by atoms with Crippen LogP contribution in [0.2, 0.25) is 0 Å². The fourth-order valence-corrected chi connectivity index (χ4v) is 4.18. The fourth-order valence-electron chi connectivity index (χ4n) is 4.18. The van der Waals surface area contributed by atoms with Gasteiger partial charge in [-0.25, -0.2) is 4.79 Å². The molecular weight excluding hydrogens is 346 g/mol. The molecule has 0 unspecified atom stereocenters. The summed E-state index contributed by atoms with van der Waals surface area (Å²) in [5.41, 5.74) is 0.818. The lowest BCUT2D eigenvalue weighted by Gasteiger charge is -2.36. The maximum absolute atomic E-state index is 12.0. The van der Waals surface area contributed by atoms with Crippen molar-refractivity contribution in [1.82, 2.24) is 10.1 Å². The van der Waals surface area contributed by atoms with E-state index in [9.17, 15) is 9.90 Å². The first-order valence-corrected chi connectivity index (χ1v) is 9.53. The highest BCUT2D eigenvalue weighted by molar-refractivity contribution is 5.99. The molecule has 0 bridgehead atoms. The number of carbonyl (C=O) groups is 1. The summed E-state index contributed by atoms with van der Waals surface area (Å²) in [6.07, 6.45) is 4.64. The Kier molecular flexibility index (Phi) is 5.03. The van der Waals surface area contributed by atoms with E-state index in [1.54, 1.807) is 31.4 Å². The molecule has 2 aliphatic heterocycles. The number of ether oxygens (including phenoxy) is 1. The van der Waals surface area contributed by atoms with Crippen LogP contribution in [0.15, 0.2) is 28.8 Å². The highest BCUT2D eigenvalue weighted by Crippen LogP contribution is 2.34. The molecule has 0 radical (unpaired) electrons. The summed E-state index contributed by atoms with van der Waals surface area (Å²) in [5, 5.41) is 13.9. The van der Waals surface area contributed by atoms with E-state index < -0.39 is 5.97 Å². The molecule has 0 aliphatic carbocycles. The summed E-state index contributed by atoms with van der Waals surface area (Å²) in [4.78, 5) is 16.6. The molecule has 2 aliphatic rings. The molecule has 1 aromatic heterocycles. The number of rotatable bonds is 5. The third-order valence-corrected chi connectivity index (χ3v) is 5.66. The van der Waals surface area contributed by atoms with E-state index in [0.717, 1.165) is 25.9 Å². The molecule has 7 nitrogen and oxygen atoms in total. The topological polar surface area (TPSA) is 79.0 Å². The molecule has 0 spiro atoms. The zero-order valence-corrected chi connectivity index (χ0v) is 15.6. The Morgan fingerprint density at radius 2 is 1.81 bits per heavy atom. The van der Waals surface area contributed by atoms with Gasteiger partial charge >= 0.3 is 5.97 Å². The van der Waals surface area contributed by atoms with E-state index >= 15 is 0 Å². The van der Waals surface area contributed by atoms with Crippen molar-refractivity contribution in [2.75, 3.05) is 38.2 Å². The predicted molar refractivity (Wildman–Crippen MR) is 101 cm³/mol. The second-order valence-electron chi connectivity index (χ2n) is 7.21. The first-order valence-electron chi connectivity index (χ1n) is 9.53. The quantitative estimate of drug-likeness (QED) is 0.865. The SMILES string of the molecule is COc1ccc(-c2onc(N3CCC(N4CCCC4)CC3)c2C(=O)O)cc1. The van der Waals surface area contributed by atoms with Crippen LogP contribution in [0.4, 0.5) is 5.82 Å². The van der Waals surface area contributed by atoms with Crippen LogP contribution < -0.4 is 9.64 Å². The number of benzene rings is 1. The monoisotopic (exact) mass is 371 g/mol. The second-order valence-corrected chi connectivity index (χ2v) is 7.21. The number of anilines is 1. The van der Waals surface area contributed by atoms with Crippen LogP contribution in [0.3, 0.4) is 0 Å². The lowest BCUT2D eigenvalue weighted by molar-refractivity contribution is 0.0697. The third kappa shape index (κ3) is 3.51. The van der Waals surface area contributed by atoms with Crippen molar-refractivity contribution in [2.45, 2.75) is 31.7 Å². The number of nitrogens with zero attached hydrogens (tertiary/aromatic N) is 3. The van der Waals surface area contributed by atoms with Crippen molar-refractivity contribution in [1.29, 1.82) is 0 Å². The van der Waals surface area contributed by atoms with Gasteiger partial charge in [0.05, 0.1) is 7.11 Å². The molecule has 0 atom stereocenters. The molecule has 4 rings (SSSR count). The van der Waals surface area contributed by atoms with Crippen LogP contribution in [0.5, 0.6) is 5.75 Å². The molecule has 2 aromatic rings. The Morgan fingerprint density at radius 1 is 1.15 bits per heavy atom. The van der Waals surface area contributed by atoms with Crippen LogP contribution in [-0.2, 0) is 0 Å². The molecule has 1 N–H and O–H groups in total. The molecule has 27 heavy (non-hydrogen) atoms. The predicted octanol–water partition coefficient (Wildman–Crippen LogP) is 3.11. The zero-order chi connectivity index (χ0) is 18.8. The molecule has 0 saturated carbocycles. The van der Waals surface area contributed by atoms with Gasteiger partial charge in [-0.15, -0.1) is 0 Å². The minimum absolute atomic E-state index is 0.139. The van der Waals surface area contributed by atoms with E-state index in [1.807, 2.05) is 4.90 Å². The zero-order valence-electron chi connectivity index (χ0n) is 15.6. The number of carboxylic acid groups (broad SMARTS) is 1. The normalized spacial score (nSPS) is 18.8. The number of hydrogen-bond donors (Lipinski definition) is 1. The number of methoxy groups -OCH3 is 1. The summed E-state index contributed by atoms with van der Waals surface area (Å²) in [5.74, 6) is 0.424. The van der Waals surface area contributed by atoms with Crippen LogP contribution in [0.1, 0.15) is 36.0 Å². The summed E-state index contributed by atoms with van der Waals surface area (Å²) in [6.45, 7) is 3.99. The number of carboxylic acids is 1. The molecule has 0 amide bonds. The standard InChI is InChI=1S/C20H25N3O4/c1-26-16-6-4-14(5-7-16)18-17(20(24)25)19(21-27-18)23-12-8-15(9-13-23)22-10-2-3-11-22/h4-7,15H,2-3,8-13H2,1H3,(H,24,25). The van der Waals surface area contributed by atoms with Crippen molar-refractivity contribution >= 4 is 11.8 Å². The average molecular weight is 371 g/mol. The first-order chi connectivity index (χ1) is 13.2. The van der Waals surface area contributed by atoms with Gasteiger partial charge in [0.15, 0.2) is 17.1 Å². The van der Waals surface area contributed by atoms with Gasteiger partial charge in [0.2, 0.25) is 0 Å². The Balaban J connectivity index is 1.54. The van der Waals surface area contributed by atoms with Gasteiger partial charge in [-0.1, -0.05) is 5.16 Å². The van der Waals surface area contributed by atoms with Gasteiger partial charge in [0.25, 0.3) is 0 Å². The Hall–Kier alpha value is -2.54. The maximum atomic E-state index is 12.0. The van der Waals surface area contributed by atoms with E-state index in [0.29, 0.717) is 28.9 Å². The summed E-state index contributed by atoms with van der Waals surface area (Å²) < 4.78 is 10.6. The molecule has 2 saturated heterocycles. The lowest BCUT2D eigenvalue weighted by atomic mass is 10.0. The van der Waals surface area contributed by atoms with Crippen LogP contribution in [-0.4, -0.2) is 60.5 Å². The first kappa shape index (κ1) is 17.9. The number of piperidine rings is 1. The van der Waals surface area contributed by atoms with Gasteiger partial charge in [-0.3, -0.25) is 0 Å². The molecule has 2 fully saturated rings. The highest BCUT2D eigenvalue weighted by atomic mass is 16.5. The van der Waals surface area contributed by atoms with Crippen molar-refractivity contribution in [3.8, 4) is 17.1 Å². The molecule has 7 heteroatoms.